The Bertz CT molecular complexity index is 3930. The number of para-hydroxylation sites is 3. The fraction of sp³-hybridized carbons (Fsp3) is 0. The molecule has 268 valence electrons. The third-order valence-electron chi connectivity index (χ3n) is 12.3. The molecule has 0 N–H and O–H groups in total. The lowest BCUT2D eigenvalue weighted by atomic mass is 9.91. The molecule has 13 aromatic rings. The summed E-state index contributed by atoms with van der Waals surface area (Å²) in [7, 11) is 0. The maximum atomic E-state index is 5.73. The Morgan fingerprint density at radius 2 is 1.05 bits per heavy atom. The molecule has 8 aromatic carbocycles. The van der Waals surface area contributed by atoms with E-state index in [0.29, 0.717) is 0 Å². The molecule has 0 fully saturated rings. The first-order chi connectivity index (χ1) is 28.8. The molecular formula is C52H28N4S2. The van der Waals surface area contributed by atoms with Crippen LogP contribution in [0.15, 0.2) is 170 Å². The molecule has 0 radical (unpaired) electrons. The molecule has 58 heavy (non-hydrogen) atoms. The van der Waals surface area contributed by atoms with Gasteiger partial charge in [0.15, 0.2) is 5.82 Å². The summed E-state index contributed by atoms with van der Waals surface area (Å²) in [6.07, 6.45) is 0. The van der Waals surface area contributed by atoms with Crippen molar-refractivity contribution in [3.63, 3.8) is 0 Å². The molecule has 0 spiro atoms. The van der Waals surface area contributed by atoms with E-state index in [9.17, 15) is 0 Å². The molecular weight excluding hydrogens is 745 g/mol. The molecule has 0 amide bonds. The summed E-state index contributed by atoms with van der Waals surface area (Å²) < 4.78 is 8.67. The molecule has 1 aliphatic heterocycles. The topological polar surface area (TPSA) is 35.6 Å². The zero-order chi connectivity index (χ0) is 37.6. The molecule has 14 rings (SSSR count). The van der Waals surface area contributed by atoms with Gasteiger partial charge in [-0.2, -0.15) is 0 Å². The van der Waals surface area contributed by atoms with Crippen molar-refractivity contribution in [3.8, 4) is 45.0 Å². The largest absolute Gasteiger partial charge is 0.308 e. The van der Waals surface area contributed by atoms with Gasteiger partial charge in [-0.25, -0.2) is 9.97 Å². The summed E-state index contributed by atoms with van der Waals surface area (Å²) >= 11 is 3.56. The first-order valence-corrected chi connectivity index (χ1v) is 21.2. The summed E-state index contributed by atoms with van der Waals surface area (Å²) in [4.78, 5) is 12.3. The Kier molecular flexibility index (Phi) is 6.02. The van der Waals surface area contributed by atoms with Gasteiger partial charge in [0.05, 0.1) is 27.8 Å². The normalized spacial score (nSPS) is 12.5. The van der Waals surface area contributed by atoms with E-state index >= 15 is 0 Å². The van der Waals surface area contributed by atoms with E-state index in [-0.39, 0.29) is 0 Å². The molecule has 0 unspecified atom stereocenters. The summed E-state index contributed by atoms with van der Waals surface area (Å²) in [5.41, 5.74) is 13.7. The molecule has 5 aromatic heterocycles. The van der Waals surface area contributed by atoms with Crippen LogP contribution in [-0.4, -0.2) is 19.1 Å². The van der Waals surface area contributed by atoms with Crippen LogP contribution >= 0.6 is 22.7 Å². The Morgan fingerprint density at radius 1 is 0.414 bits per heavy atom. The number of thiophene rings is 2. The monoisotopic (exact) mass is 772 g/mol. The van der Waals surface area contributed by atoms with Crippen molar-refractivity contribution < 1.29 is 0 Å². The van der Waals surface area contributed by atoms with E-state index < -0.39 is 0 Å². The molecule has 0 aliphatic carbocycles. The van der Waals surface area contributed by atoms with Crippen LogP contribution in [0.1, 0.15) is 0 Å². The van der Waals surface area contributed by atoms with Crippen molar-refractivity contribution >= 4 is 107 Å². The quantitative estimate of drug-likeness (QED) is 0.175. The minimum atomic E-state index is 0.835. The van der Waals surface area contributed by atoms with Crippen LogP contribution in [0, 0.1) is 0 Å². The number of rotatable bonds is 2. The van der Waals surface area contributed by atoms with Gasteiger partial charge in [-0.15, -0.1) is 22.7 Å². The highest BCUT2D eigenvalue weighted by atomic mass is 32.1. The molecule has 6 heterocycles. The van der Waals surface area contributed by atoms with Crippen molar-refractivity contribution in [3.05, 3.63) is 170 Å². The van der Waals surface area contributed by atoms with Gasteiger partial charge in [-0.05, 0) is 59.7 Å². The molecule has 6 heteroatoms. The molecule has 0 saturated heterocycles. The zero-order valence-electron chi connectivity index (χ0n) is 30.8. The fourth-order valence-electron chi connectivity index (χ4n) is 9.88. The van der Waals surface area contributed by atoms with Crippen LogP contribution in [0.25, 0.3) is 129 Å². The second kappa shape index (κ2) is 11.3. The maximum absolute atomic E-state index is 5.73. The Morgan fingerprint density at radius 3 is 1.90 bits per heavy atom. The first-order valence-electron chi connectivity index (χ1n) is 19.6. The van der Waals surface area contributed by atoms with Gasteiger partial charge in [0.2, 0.25) is 0 Å². The SMILES string of the molecule is c1ccc2c(c1)-c1ccccc1-n1c3ccccc3c3cc4c(c-2c31)c1ccccc1n4-c1nc2c(nc1-c1ccc3sc4ccccc4c3c1)sc1ccccc12. The average molecular weight is 773 g/mol. The predicted molar refractivity (Wildman–Crippen MR) is 246 cm³/mol. The number of fused-ring (bicyclic) bond motifs is 18. The lowest BCUT2D eigenvalue weighted by molar-refractivity contribution is 1.09. The average Bonchev–Trinajstić information content (AvgIpc) is 4.00. The number of nitrogens with zero attached hydrogens (tertiary/aromatic N) is 4. The lowest BCUT2D eigenvalue weighted by Crippen LogP contribution is -2.03. The highest BCUT2D eigenvalue weighted by Crippen LogP contribution is 2.52. The van der Waals surface area contributed by atoms with Crippen molar-refractivity contribution in [1.82, 2.24) is 19.1 Å². The predicted octanol–water partition coefficient (Wildman–Crippen LogP) is 14.7. The van der Waals surface area contributed by atoms with Crippen LogP contribution in [0.2, 0.25) is 0 Å². The second-order valence-corrected chi connectivity index (χ2v) is 17.4. The maximum Gasteiger partial charge on any atom is 0.165 e. The van der Waals surface area contributed by atoms with E-state index in [1.165, 1.54) is 85.4 Å². The Labute approximate surface area is 339 Å². The summed E-state index contributed by atoms with van der Waals surface area (Å²) in [5, 5.41) is 8.50. The van der Waals surface area contributed by atoms with E-state index in [4.69, 9.17) is 9.97 Å². The molecule has 0 saturated carbocycles. The van der Waals surface area contributed by atoms with Crippen molar-refractivity contribution in [2.24, 2.45) is 0 Å². The van der Waals surface area contributed by atoms with E-state index in [1.54, 1.807) is 11.3 Å². The number of hydrogen-bond acceptors (Lipinski definition) is 4. The van der Waals surface area contributed by atoms with Crippen LogP contribution in [0.5, 0.6) is 0 Å². The van der Waals surface area contributed by atoms with Gasteiger partial charge in [0.1, 0.15) is 16.0 Å². The highest BCUT2D eigenvalue weighted by Gasteiger charge is 2.30. The third kappa shape index (κ3) is 3.98. The van der Waals surface area contributed by atoms with Gasteiger partial charge in [-0.1, -0.05) is 121 Å². The molecule has 1 aliphatic rings. The van der Waals surface area contributed by atoms with Gasteiger partial charge in [0.25, 0.3) is 0 Å². The van der Waals surface area contributed by atoms with E-state index in [1.807, 2.05) is 11.3 Å². The van der Waals surface area contributed by atoms with Gasteiger partial charge < -0.3 is 4.57 Å². The van der Waals surface area contributed by atoms with Crippen LogP contribution in [0.4, 0.5) is 0 Å². The minimum absolute atomic E-state index is 0.835. The molecule has 0 atom stereocenters. The second-order valence-electron chi connectivity index (χ2n) is 15.3. The summed E-state index contributed by atoms with van der Waals surface area (Å²) in [5.74, 6) is 0.835. The Balaban J connectivity index is 1.20. The van der Waals surface area contributed by atoms with Crippen molar-refractivity contribution in [1.29, 1.82) is 0 Å². The number of hydrogen-bond donors (Lipinski definition) is 0. The molecule has 4 nitrogen and oxygen atoms in total. The van der Waals surface area contributed by atoms with Gasteiger partial charge >= 0.3 is 0 Å². The first kappa shape index (κ1) is 31.0. The van der Waals surface area contributed by atoms with Crippen LogP contribution in [0.3, 0.4) is 0 Å². The van der Waals surface area contributed by atoms with Crippen molar-refractivity contribution in [2.75, 3.05) is 0 Å². The molecule has 0 bridgehead atoms. The number of aromatic nitrogens is 4. The summed E-state index contributed by atoms with van der Waals surface area (Å²) in [6, 6.07) is 62.2. The highest BCUT2D eigenvalue weighted by molar-refractivity contribution is 7.26. The lowest BCUT2D eigenvalue weighted by Gasteiger charge is -2.14. The number of benzene rings is 8. The van der Waals surface area contributed by atoms with E-state index in [2.05, 4.69) is 179 Å². The van der Waals surface area contributed by atoms with Crippen molar-refractivity contribution in [2.45, 2.75) is 0 Å². The fourth-order valence-corrected chi connectivity index (χ4v) is 12.0. The summed E-state index contributed by atoms with van der Waals surface area (Å²) in [6.45, 7) is 0. The standard InChI is InChI=1S/C52H28N4S2/c1-2-17-34-30(13-1)31-14-3-8-20-39(31)55-40-21-9-4-15-32(40)38-28-42-46(47(34)50(38)55)35-18-5-10-22-41(35)56(42)51-48(54-52-49(53-51)36-19-7-12-24-44(36)58-52)29-25-26-45-37(27-29)33-16-6-11-23-43(33)57-45/h1-28H. The van der Waals surface area contributed by atoms with Gasteiger partial charge in [0, 0.05) is 68.5 Å². The Hall–Kier alpha value is -7.12. The van der Waals surface area contributed by atoms with Crippen LogP contribution < -0.4 is 0 Å². The minimum Gasteiger partial charge on any atom is -0.308 e. The van der Waals surface area contributed by atoms with Crippen LogP contribution in [-0.2, 0) is 0 Å². The van der Waals surface area contributed by atoms with Gasteiger partial charge in [-0.3, -0.25) is 4.57 Å². The van der Waals surface area contributed by atoms with E-state index in [0.717, 1.165) is 43.8 Å². The third-order valence-corrected chi connectivity index (χ3v) is 14.5. The smallest absolute Gasteiger partial charge is 0.165 e. The zero-order valence-corrected chi connectivity index (χ0v) is 32.4.